The Labute approximate surface area is 121 Å². The molecule has 0 aliphatic carbocycles. The van der Waals surface area contributed by atoms with E-state index in [4.69, 9.17) is 10.5 Å². The lowest BCUT2D eigenvalue weighted by atomic mass is 10.0. The number of rotatable bonds is 8. The minimum absolute atomic E-state index is 0.0168. The van der Waals surface area contributed by atoms with Crippen LogP contribution in [0.3, 0.4) is 0 Å². The number of hydrogen-bond acceptors (Lipinski definition) is 3. The predicted octanol–water partition coefficient (Wildman–Crippen LogP) is 2.25. The topological polar surface area (TPSA) is 64.3 Å². The molecule has 0 saturated carbocycles. The molecule has 0 spiro atoms. The maximum Gasteiger partial charge on any atom is 0.223 e. The lowest BCUT2D eigenvalue weighted by molar-refractivity contribution is -0.121. The van der Waals surface area contributed by atoms with E-state index in [9.17, 15) is 4.79 Å². The first-order chi connectivity index (χ1) is 9.47. The maximum absolute atomic E-state index is 11.6. The average Bonchev–Trinajstić information content (AvgIpc) is 2.36. The minimum Gasteiger partial charge on any atom is -0.493 e. The Morgan fingerprint density at radius 3 is 2.80 bits per heavy atom. The third-order valence-corrected chi connectivity index (χ3v) is 2.92. The molecule has 4 nitrogen and oxygen atoms in total. The Morgan fingerprint density at radius 1 is 1.40 bits per heavy atom. The van der Waals surface area contributed by atoms with Gasteiger partial charge >= 0.3 is 0 Å². The molecule has 20 heavy (non-hydrogen) atoms. The van der Waals surface area contributed by atoms with Crippen LogP contribution in [0.5, 0.6) is 5.75 Å². The van der Waals surface area contributed by atoms with Gasteiger partial charge < -0.3 is 15.8 Å². The monoisotopic (exact) mass is 278 g/mol. The largest absolute Gasteiger partial charge is 0.493 e. The van der Waals surface area contributed by atoms with Crippen molar-refractivity contribution in [3.63, 3.8) is 0 Å². The maximum atomic E-state index is 11.6. The molecule has 0 radical (unpaired) electrons. The average molecular weight is 278 g/mol. The van der Waals surface area contributed by atoms with Crippen molar-refractivity contribution in [3.8, 4) is 5.75 Å². The summed E-state index contributed by atoms with van der Waals surface area (Å²) in [6.45, 7) is 7.17. The van der Waals surface area contributed by atoms with Gasteiger partial charge in [0.15, 0.2) is 0 Å². The summed E-state index contributed by atoms with van der Waals surface area (Å²) in [4.78, 5) is 11.6. The fourth-order valence-electron chi connectivity index (χ4n) is 1.99. The van der Waals surface area contributed by atoms with Crippen LogP contribution in [0.1, 0.15) is 32.3 Å². The molecule has 0 bridgehead atoms. The van der Waals surface area contributed by atoms with Gasteiger partial charge in [-0.2, -0.15) is 0 Å². The van der Waals surface area contributed by atoms with Gasteiger partial charge in [0.1, 0.15) is 5.75 Å². The molecule has 0 aromatic heterocycles. The van der Waals surface area contributed by atoms with E-state index in [0.717, 1.165) is 17.7 Å². The molecule has 1 atom stereocenters. The molecule has 1 aromatic rings. The number of nitrogens with two attached hydrogens (primary N) is 1. The van der Waals surface area contributed by atoms with Crippen molar-refractivity contribution in [3.05, 3.63) is 29.8 Å². The molecule has 0 heterocycles. The molecular weight excluding hydrogens is 252 g/mol. The molecule has 1 amide bonds. The van der Waals surface area contributed by atoms with Crippen LogP contribution in [0.4, 0.5) is 0 Å². The zero-order valence-corrected chi connectivity index (χ0v) is 12.7. The van der Waals surface area contributed by atoms with E-state index in [0.29, 0.717) is 25.5 Å². The Balaban J connectivity index is 2.17. The van der Waals surface area contributed by atoms with Gasteiger partial charge in [-0.25, -0.2) is 0 Å². The standard InChI is InChI=1S/C16H26N2O2/c1-12(2)9-14(17)11-18-16(19)7-8-20-15-6-4-5-13(3)10-15/h4-6,10,12,14H,7-9,11,17H2,1-3H3,(H,18,19). The van der Waals surface area contributed by atoms with Crippen LogP contribution in [0.15, 0.2) is 24.3 Å². The van der Waals surface area contributed by atoms with Crippen molar-refractivity contribution in [1.82, 2.24) is 5.32 Å². The molecule has 4 heteroatoms. The minimum atomic E-state index is -0.0168. The van der Waals surface area contributed by atoms with Crippen molar-refractivity contribution in [2.75, 3.05) is 13.2 Å². The highest BCUT2D eigenvalue weighted by atomic mass is 16.5. The summed E-state index contributed by atoms with van der Waals surface area (Å²) >= 11 is 0. The number of nitrogens with one attached hydrogen (secondary N) is 1. The first-order valence-electron chi connectivity index (χ1n) is 7.19. The Hall–Kier alpha value is -1.55. The summed E-state index contributed by atoms with van der Waals surface area (Å²) in [5, 5.41) is 2.84. The van der Waals surface area contributed by atoms with Crippen LogP contribution >= 0.6 is 0 Å². The van der Waals surface area contributed by atoms with Crippen molar-refractivity contribution in [1.29, 1.82) is 0 Å². The summed E-state index contributed by atoms with van der Waals surface area (Å²) in [5.41, 5.74) is 7.06. The first-order valence-corrected chi connectivity index (χ1v) is 7.19. The highest BCUT2D eigenvalue weighted by Gasteiger charge is 2.08. The molecule has 3 N–H and O–H groups in total. The van der Waals surface area contributed by atoms with E-state index in [1.807, 2.05) is 31.2 Å². The number of carbonyl (C=O) groups excluding carboxylic acids is 1. The Bertz CT molecular complexity index is 419. The molecule has 1 aromatic carbocycles. The summed E-state index contributed by atoms with van der Waals surface area (Å²) in [6.07, 6.45) is 1.27. The van der Waals surface area contributed by atoms with Crippen LogP contribution < -0.4 is 15.8 Å². The van der Waals surface area contributed by atoms with Gasteiger partial charge in [-0.1, -0.05) is 26.0 Å². The number of aryl methyl sites for hydroxylation is 1. The van der Waals surface area contributed by atoms with E-state index in [1.54, 1.807) is 0 Å². The molecular formula is C16H26N2O2. The van der Waals surface area contributed by atoms with Crippen LogP contribution in [-0.2, 0) is 4.79 Å². The van der Waals surface area contributed by atoms with Gasteiger partial charge in [0, 0.05) is 12.6 Å². The van der Waals surface area contributed by atoms with Crippen molar-refractivity contribution in [2.24, 2.45) is 11.7 Å². The van der Waals surface area contributed by atoms with E-state index >= 15 is 0 Å². The highest BCUT2D eigenvalue weighted by Crippen LogP contribution is 2.12. The second-order valence-corrected chi connectivity index (χ2v) is 5.61. The molecule has 0 fully saturated rings. The quantitative estimate of drug-likeness (QED) is 0.766. The SMILES string of the molecule is Cc1cccc(OCCC(=O)NCC(N)CC(C)C)c1. The van der Waals surface area contributed by atoms with Crippen molar-refractivity contribution < 1.29 is 9.53 Å². The number of benzene rings is 1. The summed E-state index contributed by atoms with van der Waals surface area (Å²) in [6, 6.07) is 7.82. The van der Waals surface area contributed by atoms with Gasteiger partial charge in [-0.05, 0) is 37.0 Å². The number of hydrogen-bond donors (Lipinski definition) is 2. The van der Waals surface area contributed by atoms with Crippen LogP contribution in [0, 0.1) is 12.8 Å². The van der Waals surface area contributed by atoms with Crippen molar-refractivity contribution >= 4 is 5.91 Å². The van der Waals surface area contributed by atoms with Crippen LogP contribution in [0.2, 0.25) is 0 Å². The number of amides is 1. The smallest absolute Gasteiger partial charge is 0.223 e. The summed E-state index contributed by atoms with van der Waals surface area (Å²) in [5.74, 6) is 1.33. The van der Waals surface area contributed by atoms with Crippen molar-refractivity contribution in [2.45, 2.75) is 39.7 Å². The summed E-state index contributed by atoms with van der Waals surface area (Å²) in [7, 11) is 0. The number of ether oxygens (including phenoxy) is 1. The van der Waals surface area contributed by atoms with Gasteiger partial charge in [-0.15, -0.1) is 0 Å². The van der Waals surface area contributed by atoms with E-state index in [1.165, 1.54) is 0 Å². The fourth-order valence-corrected chi connectivity index (χ4v) is 1.99. The Kier molecular flexibility index (Phi) is 7.09. The van der Waals surface area contributed by atoms with Crippen LogP contribution in [-0.4, -0.2) is 25.1 Å². The lowest BCUT2D eigenvalue weighted by Crippen LogP contribution is -2.38. The highest BCUT2D eigenvalue weighted by molar-refractivity contribution is 5.76. The third kappa shape index (κ3) is 7.14. The van der Waals surface area contributed by atoms with Gasteiger partial charge in [0.2, 0.25) is 5.91 Å². The lowest BCUT2D eigenvalue weighted by Gasteiger charge is -2.15. The zero-order valence-electron chi connectivity index (χ0n) is 12.7. The predicted molar refractivity (Wildman–Crippen MR) is 81.7 cm³/mol. The van der Waals surface area contributed by atoms with E-state index < -0.39 is 0 Å². The van der Waals surface area contributed by atoms with E-state index in [2.05, 4.69) is 19.2 Å². The zero-order chi connectivity index (χ0) is 15.0. The van der Waals surface area contributed by atoms with Gasteiger partial charge in [0.05, 0.1) is 13.0 Å². The first kappa shape index (κ1) is 16.5. The van der Waals surface area contributed by atoms with Gasteiger partial charge in [0.25, 0.3) is 0 Å². The molecule has 0 saturated heterocycles. The second kappa shape index (κ2) is 8.59. The summed E-state index contributed by atoms with van der Waals surface area (Å²) < 4.78 is 5.54. The second-order valence-electron chi connectivity index (χ2n) is 5.61. The molecule has 0 aliphatic rings. The molecule has 1 unspecified atom stereocenters. The van der Waals surface area contributed by atoms with E-state index in [-0.39, 0.29) is 11.9 Å². The number of carbonyl (C=O) groups is 1. The molecule has 0 aliphatic heterocycles. The Morgan fingerprint density at radius 2 is 2.15 bits per heavy atom. The normalized spacial score (nSPS) is 12.2. The van der Waals surface area contributed by atoms with Crippen LogP contribution in [0.25, 0.3) is 0 Å². The third-order valence-electron chi connectivity index (χ3n) is 2.92. The van der Waals surface area contributed by atoms with Gasteiger partial charge in [-0.3, -0.25) is 4.79 Å². The fraction of sp³-hybridized carbons (Fsp3) is 0.562. The molecule has 112 valence electrons. The molecule has 1 rings (SSSR count).